The monoisotopic (exact) mass is 591 g/mol. The molecule has 0 aliphatic heterocycles. The van der Waals surface area contributed by atoms with Gasteiger partial charge in [-0.05, 0) is 17.1 Å². The molecule has 1 radical (unpaired) electrons. The number of aromatic nitrogens is 6. The number of hydrogen-bond donors (Lipinski definition) is 0. The molecule has 0 aliphatic rings. The Labute approximate surface area is 258 Å². The number of benzene rings is 3. The van der Waals surface area contributed by atoms with Crippen LogP contribution in [0.3, 0.4) is 0 Å². The molecule has 0 amide bonds. The van der Waals surface area contributed by atoms with E-state index in [9.17, 15) is 0 Å². The number of allylic oxidation sites excluding steroid dienone is 2. The summed E-state index contributed by atoms with van der Waals surface area (Å²) in [6.07, 6.45) is 3.65. The van der Waals surface area contributed by atoms with Crippen LogP contribution in [0.5, 0.6) is 0 Å². The molecule has 7 heteroatoms. The molecule has 3 aromatic carbocycles. The molecule has 0 saturated heterocycles. The predicted octanol–water partition coefficient (Wildman–Crippen LogP) is 7.75. The Morgan fingerprint density at radius 2 is 0.833 bits per heavy atom. The van der Waals surface area contributed by atoms with E-state index in [1.54, 1.807) is 0 Å². The van der Waals surface area contributed by atoms with Crippen molar-refractivity contribution < 1.29 is 17.1 Å². The maximum Gasteiger partial charge on any atom is 2.00 e. The summed E-state index contributed by atoms with van der Waals surface area (Å²) < 4.78 is 5.81. The van der Waals surface area contributed by atoms with Gasteiger partial charge in [0.05, 0.1) is 17.1 Å². The third-order valence-corrected chi connectivity index (χ3v) is 6.58. The van der Waals surface area contributed by atoms with E-state index in [2.05, 4.69) is 81.9 Å². The van der Waals surface area contributed by atoms with E-state index in [0.717, 1.165) is 57.1 Å². The summed E-state index contributed by atoms with van der Waals surface area (Å²) >= 11 is 0. The van der Waals surface area contributed by atoms with Gasteiger partial charge < -0.3 is 0 Å². The number of nitrogens with zero attached hydrogens (tertiary/aromatic N) is 6. The second-order valence-corrected chi connectivity index (χ2v) is 9.57. The SMILES string of the molecule is Cc1cc(-c2ccccc2)nn1[C-](n1nc(-c2ccccc2)cc1C)n1nc(-c2ccccc2)cc1C.[CH-]=CC=C.[Mn+2]. The van der Waals surface area contributed by atoms with E-state index >= 15 is 0 Å². The zero-order valence-electron chi connectivity index (χ0n) is 23.9. The standard InChI is InChI=1S/C31H27N6.C4H5.Mn/c1-22-19-28(25-13-7-4-8-14-25)32-35(22)31(36-23(2)20-29(33-36)26-15-9-5-10-16-26)37-24(3)21-30(34-37)27-17-11-6-12-18-27;1-3-4-2;/h4-21H,1-3H3;1,3-4H,2H2;/q2*-1;+2. The first kappa shape index (κ1) is 30.1. The van der Waals surface area contributed by atoms with Crippen LogP contribution >= 0.6 is 0 Å². The second kappa shape index (κ2) is 13.7. The summed E-state index contributed by atoms with van der Waals surface area (Å²) in [6, 6.07) is 37.0. The molecule has 0 fully saturated rings. The van der Waals surface area contributed by atoms with Crippen molar-refractivity contribution in [1.82, 2.24) is 29.3 Å². The van der Waals surface area contributed by atoms with Crippen molar-refractivity contribution >= 4 is 0 Å². The van der Waals surface area contributed by atoms with Gasteiger partial charge in [0, 0.05) is 16.7 Å². The Kier molecular flexibility index (Phi) is 9.81. The van der Waals surface area contributed by atoms with Crippen LogP contribution in [0, 0.1) is 33.6 Å². The van der Waals surface area contributed by atoms with Crippen molar-refractivity contribution in [1.29, 1.82) is 0 Å². The average Bonchev–Trinajstić information content (AvgIpc) is 3.72. The smallest absolute Gasteiger partial charge is 0.293 e. The molecular formula is C35H32MnN6. The topological polar surface area (TPSA) is 53.5 Å². The zero-order valence-corrected chi connectivity index (χ0v) is 25.1. The normalized spacial score (nSPS) is 10.3. The maximum absolute atomic E-state index is 5.04. The van der Waals surface area contributed by atoms with Gasteiger partial charge in [-0.15, -0.1) is 0 Å². The van der Waals surface area contributed by atoms with Gasteiger partial charge in [0.1, 0.15) is 0 Å². The minimum atomic E-state index is 0. The van der Waals surface area contributed by atoms with Gasteiger partial charge >= 0.3 is 17.1 Å². The minimum Gasteiger partial charge on any atom is -0.293 e. The van der Waals surface area contributed by atoms with Crippen LogP contribution in [0.1, 0.15) is 17.1 Å². The van der Waals surface area contributed by atoms with Crippen molar-refractivity contribution in [2.24, 2.45) is 0 Å². The van der Waals surface area contributed by atoms with Crippen molar-refractivity contribution in [3.05, 3.63) is 158 Å². The summed E-state index contributed by atoms with van der Waals surface area (Å²) in [5, 5.41) is 15.1. The first-order valence-corrected chi connectivity index (χ1v) is 13.4. The van der Waals surface area contributed by atoms with Gasteiger partial charge in [-0.1, -0.05) is 130 Å². The van der Waals surface area contributed by atoms with Crippen LogP contribution in [0.15, 0.2) is 128 Å². The summed E-state index contributed by atoms with van der Waals surface area (Å²) in [5.41, 5.74) is 8.85. The Hall–Kier alpha value is -4.84. The molecule has 0 spiro atoms. The van der Waals surface area contributed by atoms with E-state index in [4.69, 9.17) is 21.9 Å². The molecule has 6 aromatic rings. The molecule has 0 unspecified atom stereocenters. The number of hydrogen-bond acceptors (Lipinski definition) is 3. The van der Waals surface area contributed by atoms with Gasteiger partial charge in [0.2, 0.25) is 0 Å². The number of aryl methyl sites for hydroxylation is 3. The Bertz CT molecular complexity index is 1540. The van der Waals surface area contributed by atoms with Crippen LogP contribution in [0.25, 0.3) is 33.8 Å². The Morgan fingerprint density at radius 3 is 1.07 bits per heavy atom. The molecule has 209 valence electrons. The fourth-order valence-corrected chi connectivity index (χ4v) is 4.55. The molecule has 0 saturated carbocycles. The minimum absolute atomic E-state index is 0. The summed E-state index contributed by atoms with van der Waals surface area (Å²) in [5.74, 6) is 0. The summed E-state index contributed by atoms with van der Waals surface area (Å²) in [6.45, 7) is 14.3. The van der Waals surface area contributed by atoms with Crippen LogP contribution in [0.4, 0.5) is 0 Å². The van der Waals surface area contributed by atoms with Crippen LogP contribution in [-0.2, 0) is 17.1 Å². The average molecular weight is 592 g/mol. The van der Waals surface area contributed by atoms with Gasteiger partial charge in [-0.25, -0.2) is 12.2 Å². The van der Waals surface area contributed by atoms with E-state index in [-0.39, 0.29) is 17.1 Å². The van der Waals surface area contributed by atoms with Gasteiger partial charge in [0.25, 0.3) is 0 Å². The second-order valence-electron chi connectivity index (χ2n) is 9.57. The molecule has 42 heavy (non-hydrogen) atoms. The van der Waals surface area contributed by atoms with E-state index in [1.165, 1.54) is 12.2 Å². The van der Waals surface area contributed by atoms with Crippen LogP contribution in [-0.4, -0.2) is 29.3 Å². The third kappa shape index (κ3) is 6.38. The fraction of sp³-hybridized carbons (Fsp3) is 0.0857. The summed E-state index contributed by atoms with van der Waals surface area (Å²) in [7, 11) is 0. The molecular weight excluding hydrogens is 559 g/mol. The largest absolute Gasteiger partial charge is 2.00 e. The molecule has 6 nitrogen and oxygen atoms in total. The Morgan fingerprint density at radius 1 is 0.571 bits per heavy atom. The molecule has 3 aromatic heterocycles. The van der Waals surface area contributed by atoms with E-state index in [0.29, 0.717) is 0 Å². The van der Waals surface area contributed by atoms with Crippen molar-refractivity contribution in [2.45, 2.75) is 20.8 Å². The molecule has 0 atom stereocenters. The molecule has 3 heterocycles. The third-order valence-electron chi connectivity index (χ3n) is 6.58. The predicted molar refractivity (Wildman–Crippen MR) is 166 cm³/mol. The Balaban J connectivity index is 0.000000763. The van der Waals surface area contributed by atoms with Gasteiger partial charge in [0.15, 0.2) is 6.29 Å². The van der Waals surface area contributed by atoms with E-state index < -0.39 is 0 Å². The first-order valence-electron chi connectivity index (χ1n) is 13.4. The summed E-state index contributed by atoms with van der Waals surface area (Å²) in [4.78, 5) is 0. The quantitative estimate of drug-likeness (QED) is 0.108. The van der Waals surface area contributed by atoms with Crippen LogP contribution < -0.4 is 0 Å². The van der Waals surface area contributed by atoms with Crippen molar-refractivity contribution in [2.75, 3.05) is 0 Å². The number of rotatable bonds is 7. The molecule has 0 bridgehead atoms. The van der Waals surface area contributed by atoms with Crippen molar-refractivity contribution in [3.63, 3.8) is 0 Å². The molecule has 6 rings (SSSR count). The van der Waals surface area contributed by atoms with Crippen molar-refractivity contribution in [3.8, 4) is 33.8 Å². The molecule has 0 N–H and O–H groups in total. The zero-order chi connectivity index (χ0) is 28.8. The van der Waals surface area contributed by atoms with Crippen LogP contribution in [0.2, 0.25) is 0 Å². The first-order chi connectivity index (χ1) is 20.0. The molecule has 0 aliphatic carbocycles. The fourth-order valence-electron chi connectivity index (χ4n) is 4.55. The van der Waals surface area contributed by atoms with Gasteiger partial charge in [-0.3, -0.25) is 20.6 Å². The van der Waals surface area contributed by atoms with E-state index in [1.807, 2.05) is 68.6 Å². The maximum atomic E-state index is 5.04. The van der Waals surface area contributed by atoms with Gasteiger partial charge in [-0.2, -0.15) is 21.9 Å².